The van der Waals surface area contributed by atoms with E-state index in [-0.39, 0.29) is 12.6 Å². The van der Waals surface area contributed by atoms with E-state index in [1.165, 1.54) is 5.56 Å². The summed E-state index contributed by atoms with van der Waals surface area (Å²) in [5.74, 6) is 0. The second kappa shape index (κ2) is 3.84. The number of fused-ring (bicyclic) bond motifs is 1. The fourth-order valence-electron chi connectivity index (χ4n) is 1.85. The summed E-state index contributed by atoms with van der Waals surface area (Å²) in [7, 11) is 0. The first-order valence-electron chi connectivity index (χ1n) is 4.96. The summed E-state index contributed by atoms with van der Waals surface area (Å²) in [6, 6.07) is 6.48. The second-order valence-corrected chi connectivity index (χ2v) is 3.68. The number of hydrogen-bond donors (Lipinski definition) is 2. The van der Waals surface area contributed by atoms with Gasteiger partial charge in [-0.15, -0.1) is 0 Å². The molecule has 0 saturated heterocycles. The highest BCUT2D eigenvalue weighted by Gasteiger charge is 2.16. The number of anilines is 1. The normalized spacial score (nSPS) is 19.6. The lowest BCUT2D eigenvalue weighted by Crippen LogP contribution is -2.28. The standard InChI is InChI=1S/C12H15NO/c1-2-9-3-6-12-10(7-9)4-5-11(8-14)13-12/h2-3,6-7,11,13-14H,1,4-5,8H2/t11-/m0/s1. The summed E-state index contributed by atoms with van der Waals surface area (Å²) in [6.07, 6.45) is 3.90. The molecule has 0 aromatic heterocycles. The third-order valence-electron chi connectivity index (χ3n) is 2.71. The van der Waals surface area contributed by atoms with E-state index in [0.29, 0.717) is 0 Å². The second-order valence-electron chi connectivity index (χ2n) is 3.68. The number of aliphatic hydroxyl groups excluding tert-OH is 1. The third-order valence-corrected chi connectivity index (χ3v) is 2.71. The van der Waals surface area contributed by atoms with Crippen LogP contribution >= 0.6 is 0 Å². The van der Waals surface area contributed by atoms with Crippen molar-refractivity contribution in [3.63, 3.8) is 0 Å². The first kappa shape index (κ1) is 9.28. The summed E-state index contributed by atoms with van der Waals surface area (Å²) in [5.41, 5.74) is 3.64. The molecule has 2 nitrogen and oxygen atoms in total. The Bertz CT molecular complexity index is 346. The highest BCUT2D eigenvalue weighted by Crippen LogP contribution is 2.25. The van der Waals surface area contributed by atoms with Gasteiger partial charge in [-0.3, -0.25) is 0 Å². The van der Waals surface area contributed by atoms with E-state index in [1.807, 2.05) is 12.1 Å². The predicted octanol–water partition coefficient (Wildman–Crippen LogP) is 2.05. The molecule has 1 aliphatic heterocycles. The molecule has 1 atom stereocenters. The molecule has 74 valence electrons. The van der Waals surface area contributed by atoms with Crippen LogP contribution in [0.2, 0.25) is 0 Å². The van der Waals surface area contributed by atoms with Gasteiger partial charge in [0.05, 0.1) is 6.61 Å². The molecule has 2 heteroatoms. The Morgan fingerprint density at radius 3 is 3.14 bits per heavy atom. The molecule has 0 fully saturated rings. The number of hydrogen-bond acceptors (Lipinski definition) is 2. The van der Waals surface area contributed by atoms with Crippen molar-refractivity contribution in [1.29, 1.82) is 0 Å². The van der Waals surface area contributed by atoms with Gasteiger partial charge in [0.1, 0.15) is 0 Å². The lowest BCUT2D eigenvalue weighted by atomic mass is 9.97. The van der Waals surface area contributed by atoms with Crippen LogP contribution in [0.15, 0.2) is 24.8 Å². The van der Waals surface area contributed by atoms with E-state index in [0.717, 1.165) is 24.1 Å². The minimum atomic E-state index is 0.211. The Labute approximate surface area is 84.3 Å². The Morgan fingerprint density at radius 1 is 1.57 bits per heavy atom. The molecule has 1 aromatic rings. The van der Waals surface area contributed by atoms with Gasteiger partial charge in [0.2, 0.25) is 0 Å². The lowest BCUT2D eigenvalue weighted by molar-refractivity contribution is 0.267. The van der Waals surface area contributed by atoms with E-state index < -0.39 is 0 Å². The maximum atomic E-state index is 9.04. The fourth-order valence-corrected chi connectivity index (χ4v) is 1.85. The highest BCUT2D eigenvalue weighted by atomic mass is 16.3. The number of aryl methyl sites for hydroxylation is 1. The van der Waals surface area contributed by atoms with E-state index in [1.54, 1.807) is 0 Å². The summed E-state index contributed by atoms with van der Waals surface area (Å²) < 4.78 is 0. The van der Waals surface area contributed by atoms with Crippen molar-refractivity contribution in [2.24, 2.45) is 0 Å². The molecule has 0 bridgehead atoms. The van der Waals surface area contributed by atoms with Crippen LogP contribution in [0.25, 0.3) is 6.08 Å². The van der Waals surface area contributed by atoms with Crippen molar-refractivity contribution >= 4 is 11.8 Å². The first-order chi connectivity index (χ1) is 6.83. The number of benzene rings is 1. The molecule has 0 spiro atoms. The van der Waals surface area contributed by atoms with Crippen LogP contribution in [0.3, 0.4) is 0 Å². The topological polar surface area (TPSA) is 32.3 Å². The van der Waals surface area contributed by atoms with Crippen LogP contribution in [0, 0.1) is 0 Å². The zero-order valence-electron chi connectivity index (χ0n) is 8.16. The van der Waals surface area contributed by atoms with E-state index in [9.17, 15) is 0 Å². The van der Waals surface area contributed by atoms with E-state index >= 15 is 0 Å². The summed E-state index contributed by atoms with van der Waals surface area (Å²) in [6.45, 7) is 3.96. The maximum Gasteiger partial charge on any atom is 0.0632 e. The lowest BCUT2D eigenvalue weighted by Gasteiger charge is -2.25. The Balaban J connectivity index is 2.27. The molecule has 0 saturated carbocycles. The minimum absolute atomic E-state index is 0.211. The van der Waals surface area contributed by atoms with Crippen molar-refractivity contribution in [1.82, 2.24) is 0 Å². The van der Waals surface area contributed by atoms with Crippen molar-refractivity contribution in [2.75, 3.05) is 11.9 Å². The summed E-state index contributed by atoms with van der Waals surface area (Å²) >= 11 is 0. The molecule has 14 heavy (non-hydrogen) atoms. The minimum Gasteiger partial charge on any atom is -0.394 e. The first-order valence-corrected chi connectivity index (χ1v) is 4.96. The van der Waals surface area contributed by atoms with Crippen LogP contribution in [-0.2, 0) is 6.42 Å². The van der Waals surface area contributed by atoms with Crippen molar-refractivity contribution in [3.05, 3.63) is 35.9 Å². The van der Waals surface area contributed by atoms with Gasteiger partial charge >= 0.3 is 0 Å². The Hall–Kier alpha value is -1.28. The molecule has 1 heterocycles. The van der Waals surface area contributed by atoms with Gasteiger partial charge in [-0.2, -0.15) is 0 Å². The molecular weight excluding hydrogens is 174 g/mol. The van der Waals surface area contributed by atoms with Crippen LogP contribution in [0.4, 0.5) is 5.69 Å². The molecule has 1 aliphatic rings. The van der Waals surface area contributed by atoms with Crippen LogP contribution < -0.4 is 5.32 Å². The predicted molar refractivity (Wildman–Crippen MR) is 59.4 cm³/mol. The van der Waals surface area contributed by atoms with Crippen LogP contribution in [-0.4, -0.2) is 17.8 Å². The van der Waals surface area contributed by atoms with Gasteiger partial charge in [-0.05, 0) is 36.1 Å². The molecule has 2 N–H and O–H groups in total. The van der Waals surface area contributed by atoms with Gasteiger partial charge in [-0.25, -0.2) is 0 Å². The number of rotatable bonds is 2. The molecule has 0 unspecified atom stereocenters. The van der Waals surface area contributed by atoms with Gasteiger partial charge in [0, 0.05) is 11.7 Å². The van der Waals surface area contributed by atoms with Gasteiger partial charge in [-0.1, -0.05) is 18.7 Å². The van der Waals surface area contributed by atoms with Crippen molar-refractivity contribution < 1.29 is 5.11 Å². The van der Waals surface area contributed by atoms with Crippen molar-refractivity contribution in [2.45, 2.75) is 18.9 Å². The van der Waals surface area contributed by atoms with Crippen LogP contribution in [0.5, 0.6) is 0 Å². The average molecular weight is 189 g/mol. The molecule has 0 radical (unpaired) electrons. The highest BCUT2D eigenvalue weighted by molar-refractivity contribution is 5.60. The Morgan fingerprint density at radius 2 is 2.43 bits per heavy atom. The van der Waals surface area contributed by atoms with Gasteiger partial charge in [0.15, 0.2) is 0 Å². The molecular formula is C12H15NO. The zero-order chi connectivity index (χ0) is 9.97. The SMILES string of the molecule is C=Cc1ccc2c(c1)CC[C@@H](CO)N2. The van der Waals surface area contributed by atoms with Crippen LogP contribution in [0.1, 0.15) is 17.5 Å². The van der Waals surface area contributed by atoms with Gasteiger partial charge < -0.3 is 10.4 Å². The molecule has 0 aliphatic carbocycles. The van der Waals surface area contributed by atoms with E-state index in [4.69, 9.17) is 5.11 Å². The van der Waals surface area contributed by atoms with E-state index in [2.05, 4.69) is 24.0 Å². The fraction of sp³-hybridized carbons (Fsp3) is 0.333. The summed E-state index contributed by atoms with van der Waals surface area (Å²) in [4.78, 5) is 0. The monoisotopic (exact) mass is 189 g/mol. The molecule has 0 amide bonds. The molecule has 2 rings (SSSR count). The zero-order valence-corrected chi connectivity index (χ0v) is 8.16. The summed E-state index contributed by atoms with van der Waals surface area (Å²) in [5, 5.41) is 12.4. The third kappa shape index (κ3) is 1.66. The number of aliphatic hydroxyl groups is 1. The smallest absolute Gasteiger partial charge is 0.0632 e. The Kier molecular flexibility index (Phi) is 2.55. The largest absolute Gasteiger partial charge is 0.394 e. The number of nitrogens with one attached hydrogen (secondary N) is 1. The average Bonchev–Trinajstić information content (AvgIpc) is 2.27. The molecule has 1 aromatic carbocycles. The quantitative estimate of drug-likeness (QED) is 0.746. The van der Waals surface area contributed by atoms with Crippen molar-refractivity contribution in [3.8, 4) is 0 Å². The maximum absolute atomic E-state index is 9.04. The van der Waals surface area contributed by atoms with Gasteiger partial charge in [0.25, 0.3) is 0 Å².